The molecule has 0 saturated carbocycles. The van der Waals surface area contributed by atoms with Crippen molar-refractivity contribution in [3.05, 3.63) is 0 Å². The van der Waals surface area contributed by atoms with Crippen LogP contribution in [0.15, 0.2) is 0 Å². The van der Waals surface area contributed by atoms with Gasteiger partial charge in [-0.2, -0.15) is 17.4 Å². The van der Waals surface area contributed by atoms with Gasteiger partial charge in [0.25, 0.3) is 10.2 Å². The van der Waals surface area contributed by atoms with E-state index in [1.807, 2.05) is 6.92 Å². The lowest BCUT2D eigenvalue weighted by molar-refractivity contribution is 0.258. The van der Waals surface area contributed by atoms with Crippen LogP contribution >= 0.6 is 0 Å². The highest BCUT2D eigenvalue weighted by Gasteiger charge is 2.34. The van der Waals surface area contributed by atoms with E-state index in [4.69, 9.17) is 0 Å². The summed E-state index contributed by atoms with van der Waals surface area (Å²) in [7, 11) is -6.66. The van der Waals surface area contributed by atoms with E-state index in [2.05, 4.69) is 10.0 Å². The van der Waals surface area contributed by atoms with Crippen LogP contribution in [0.3, 0.4) is 0 Å². The van der Waals surface area contributed by atoms with Crippen LogP contribution in [0.1, 0.15) is 26.2 Å². The van der Waals surface area contributed by atoms with Gasteiger partial charge >= 0.3 is 0 Å². The van der Waals surface area contributed by atoms with Gasteiger partial charge in [0.1, 0.15) is 0 Å². The molecule has 7 nitrogen and oxygen atoms in total. The van der Waals surface area contributed by atoms with Crippen molar-refractivity contribution in [3.8, 4) is 0 Å². The van der Waals surface area contributed by atoms with Gasteiger partial charge in [-0.3, -0.25) is 0 Å². The van der Waals surface area contributed by atoms with E-state index < -0.39 is 26.1 Å². The SMILES string of the molecule is CCNCC1CCCN(S(=O)(=O)NC2CCS(=O)(=O)C2)C1. The Bertz CT molecular complexity index is 547. The quantitative estimate of drug-likeness (QED) is 0.669. The van der Waals surface area contributed by atoms with Crippen molar-refractivity contribution in [1.82, 2.24) is 14.3 Å². The Morgan fingerprint density at radius 3 is 2.67 bits per heavy atom. The van der Waals surface area contributed by atoms with Gasteiger partial charge in [0, 0.05) is 19.1 Å². The van der Waals surface area contributed by atoms with Crippen molar-refractivity contribution in [2.24, 2.45) is 5.92 Å². The maximum Gasteiger partial charge on any atom is 0.279 e. The molecule has 0 bridgehead atoms. The fourth-order valence-corrected chi connectivity index (χ4v) is 6.26. The van der Waals surface area contributed by atoms with Gasteiger partial charge in [-0.05, 0) is 38.3 Å². The Kier molecular flexibility index (Phi) is 5.64. The molecule has 2 fully saturated rings. The first-order valence-corrected chi connectivity index (χ1v) is 10.8. The minimum atomic E-state index is -3.58. The van der Waals surface area contributed by atoms with Gasteiger partial charge < -0.3 is 5.32 Å². The molecule has 0 aliphatic carbocycles. The van der Waals surface area contributed by atoms with Gasteiger partial charge in [0.15, 0.2) is 9.84 Å². The number of rotatable bonds is 6. The van der Waals surface area contributed by atoms with E-state index in [0.717, 1.165) is 25.9 Å². The molecule has 0 amide bonds. The van der Waals surface area contributed by atoms with Crippen LogP contribution in [-0.4, -0.2) is 64.9 Å². The highest BCUT2D eigenvalue weighted by Crippen LogP contribution is 2.19. The summed E-state index contributed by atoms with van der Waals surface area (Å²) in [5, 5.41) is 3.25. The van der Waals surface area contributed by atoms with Crippen molar-refractivity contribution in [1.29, 1.82) is 0 Å². The van der Waals surface area contributed by atoms with Crippen LogP contribution < -0.4 is 10.0 Å². The zero-order valence-electron chi connectivity index (χ0n) is 12.4. The van der Waals surface area contributed by atoms with Crippen LogP contribution in [0.25, 0.3) is 0 Å². The molecule has 0 aromatic heterocycles. The smallest absolute Gasteiger partial charge is 0.279 e. The van der Waals surface area contributed by atoms with Crippen molar-refractivity contribution in [2.75, 3.05) is 37.7 Å². The van der Waals surface area contributed by atoms with Crippen molar-refractivity contribution >= 4 is 20.0 Å². The van der Waals surface area contributed by atoms with E-state index in [0.29, 0.717) is 25.4 Å². The molecule has 0 spiro atoms. The van der Waals surface area contributed by atoms with Crippen molar-refractivity contribution in [3.63, 3.8) is 0 Å². The molecule has 2 N–H and O–H groups in total. The summed E-state index contributed by atoms with van der Waals surface area (Å²) in [6, 6.07) is -0.478. The molecule has 2 atom stereocenters. The van der Waals surface area contributed by atoms with Gasteiger partial charge in [-0.25, -0.2) is 8.42 Å². The molecule has 9 heteroatoms. The van der Waals surface area contributed by atoms with Gasteiger partial charge in [-0.1, -0.05) is 6.92 Å². The average Bonchev–Trinajstić information content (AvgIpc) is 2.75. The highest BCUT2D eigenvalue weighted by molar-refractivity contribution is 7.91. The Morgan fingerprint density at radius 2 is 2.05 bits per heavy atom. The second-order valence-electron chi connectivity index (χ2n) is 5.90. The Morgan fingerprint density at radius 1 is 1.29 bits per heavy atom. The zero-order chi connectivity index (χ0) is 15.5. The number of sulfone groups is 1. The molecule has 0 aromatic carbocycles. The third kappa shape index (κ3) is 4.88. The predicted molar refractivity (Wildman–Crippen MR) is 82.0 cm³/mol. The average molecular weight is 339 g/mol. The number of piperidine rings is 1. The molecule has 21 heavy (non-hydrogen) atoms. The minimum Gasteiger partial charge on any atom is -0.317 e. The number of hydrogen-bond donors (Lipinski definition) is 2. The molecule has 2 heterocycles. The van der Waals surface area contributed by atoms with Gasteiger partial charge in [0.05, 0.1) is 11.5 Å². The largest absolute Gasteiger partial charge is 0.317 e. The summed E-state index contributed by atoms with van der Waals surface area (Å²) in [6.45, 7) is 4.74. The molecule has 2 unspecified atom stereocenters. The Labute approximate surface area is 127 Å². The van der Waals surface area contributed by atoms with E-state index in [1.165, 1.54) is 4.31 Å². The van der Waals surface area contributed by atoms with Crippen molar-refractivity contribution < 1.29 is 16.8 Å². The van der Waals surface area contributed by atoms with Gasteiger partial charge in [0.2, 0.25) is 0 Å². The molecular weight excluding hydrogens is 314 g/mol. The standard InChI is InChI=1S/C12H25N3O4S2/c1-2-13-8-11-4-3-6-15(9-11)21(18,19)14-12-5-7-20(16,17)10-12/h11-14H,2-10H2,1H3. The Hall–Kier alpha value is -0.220. The topological polar surface area (TPSA) is 95.6 Å². The molecule has 0 aromatic rings. The van der Waals surface area contributed by atoms with Gasteiger partial charge in [-0.15, -0.1) is 0 Å². The number of nitrogens with zero attached hydrogens (tertiary/aromatic N) is 1. The molecular formula is C12H25N3O4S2. The first kappa shape index (κ1) is 17.1. The van der Waals surface area contributed by atoms with Crippen molar-refractivity contribution in [2.45, 2.75) is 32.2 Å². The highest BCUT2D eigenvalue weighted by atomic mass is 32.2. The maximum atomic E-state index is 12.4. The lowest BCUT2D eigenvalue weighted by Crippen LogP contribution is -2.50. The predicted octanol–water partition coefficient (Wildman–Crippen LogP) is -0.671. The molecule has 2 saturated heterocycles. The van der Waals surface area contributed by atoms with Crippen LogP contribution in [0.2, 0.25) is 0 Å². The maximum absolute atomic E-state index is 12.4. The monoisotopic (exact) mass is 339 g/mol. The second-order valence-corrected chi connectivity index (χ2v) is 9.83. The number of nitrogens with one attached hydrogen (secondary N) is 2. The van der Waals surface area contributed by atoms with E-state index >= 15 is 0 Å². The summed E-state index contributed by atoms with van der Waals surface area (Å²) in [5.41, 5.74) is 0. The first-order chi connectivity index (χ1) is 9.82. The minimum absolute atomic E-state index is 0.0727. The van der Waals surface area contributed by atoms with Crippen LogP contribution in [0.4, 0.5) is 0 Å². The molecule has 2 aliphatic heterocycles. The zero-order valence-corrected chi connectivity index (χ0v) is 14.0. The number of hydrogen-bond acceptors (Lipinski definition) is 5. The van der Waals surface area contributed by atoms with E-state index in [9.17, 15) is 16.8 Å². The van der Waals surface area contributed by atoms with Crippen LogP contribution in [0, 0.1) is 5.92 Å². The second kappa shape index (κ2) is 6.91. The molecule has 2 rings (SSSR count). The summed E-state index contributed by atoms with van der Waals surface area (Å²) >= 11 is 0. The fourth-order valence-electron chi connectivity index (χ4n) is 2.93. The summed E-state index contributed by atoms with van der Waals surface area (Å²) in [4.78, 5) is 0. The molecule has 0 radical (unpaired) electrons. The summed E-state index contributed by atoms with van der Waals surface area (Å²) < 4.78 is 51.6. The molecule has 2 aliphatic rings. The molecule has 124 valence electrons. The van der Waals surface area contributed by atoms with E-state index in [1.54, 1.807) is 0 Å². The van der Waals surface area contributed by atoms with Crippen LogP contribution in [-0.2, 0) is 20.0 Å². The first-order valence-electron chi connectivity index (χ1n) is 7.51. The third-order valence-corrected chi connectivity index (χ3v) is 7.46. The third-order valence-electron chi connectivity index (χ3n) is 4.05. The fraction of sp³-hybridized carbons (Fsp3) is 1.00. The van der Waals surface area contributed by atoms with E-state index in [-0.39, 0.29) is 11.5 Å². The lowest BCUT2D eigenvalue weighted by atomic mass is 10.00. The van der Waals surface area contributed by atoms with Crippen LogP contribution in [0.5, 0.6) is 0 Å². The normalized spacial score (nSPS) is 30.5. The lowest BCUT2D eigenvalue weighted by Gasteiger charge is -2.32. The Balaban J connectivity index is 1.92. The summed E-state index contributed by atoms with van der Waals surface area (Å²) in [5.74, 6) is 0.312. The summed E-state index contributed by atoms with van der Waals surface area (Å²) in [6.07, 6.45) is 2.24.